The van der Waals surface area contributed by atoms with E-state index in [1.54, 1.807) is 4.31 Å². The first-order valence-electron chi connectivity index (χ1n) is 7.23. The van der Waals surface area contributed by atoms with E-state index in [4.69, 9.17) is 5.11 Å². The number of nitrogens with one attached hydrogen (secondary N) is 1. The summed E-state index contributed by atoms with van der Waals surface area (Å²) in [5.74, 6) is 0. The number of aliphatic hydroxyl groups excluding tert-OH is 1. The van der Waals surface area contributed by atoms with Gasteiger partial charge in [-0.3, -0.25) is 0 Å². The Bertz CT molecular complexity index is 347. The third-order valence-electron chi connectivity index (χ3n) is 3.65. The summed E-state index contributed by atoms with van der Waals surface area (Å²) in [6, 6.07) is 0. The molecule has 1 rings (SSSR count). The summed E-state index contributed by atoms with van der Waals surface area (Å²) >= 11 is 0. The molecule has 1 heterocycles. The van der Waals surface area contributed by atoms with Gasteiger partial charge in [0.2, 0.25) is 0 Å². The molecule has 1 fully saturated rings. The van der Waals surface area contributed by atoms with Gasteiger partial charge in [0.1, 0.15) is 0 Å². The second-order valence-electron chi connectivity index (χ2n) is 6.14. The second-order valence-corrected chi connectivity index (χ2v) is 7.89. The minimum absolute atomic E-state index is 0.131. The number of hydrogen-bond donors (Lipinski definition) is 2. The van der Waals surface area contributed by atoms with E-state index in [-0.39, 0.29) is 12.0 Å². The van der Waals surface area contributed by atoms with Gasteiger partial charge in [0.15, 0.2) is 0 Å². The molecule has 0 bridgehead atoms. The minimum atomic E-state index is -3.31. The van der Waals surface area contributed by atoms with E-state index in [0.717, 1.165) is 38.5 Å². The lowest BCUT2D eigenvalue weighted by molar-refractivity contribution is 0.148. The third-order valence-corrected chi connectivity index (χ3v) is 5.26. The average molecular weight is 292 g/mol. The molecule has 0 aromatic rings. The Morgan fingerprint density at radius 3 is 2.26 bits per heavy atom. The molecule has 114 valence electrons. The van der Waals surface area contributed by atoms with E-state index in [2.05, 4.69) is 4.72 Å². The first-order chi connectivity index (χ1) is 8.87. The van der Waals surface area contributed by atoms with Crippen molar-refractivity contribution in [2.24, 2.45) is 5.41 Å². The first-order valence-corrected chi connectivity index (χ1v) is 8.67. The summed E-state index contributed by atoms with van der Waals surface area (Å²) in [5.41, 5.74) is -0.131. The van der Waals surface area contributed by atoms with Crippen molar-refractivity contribution in [2.45, 2.75) is 52.4 Å². The summed E-state index contributed by atoms with van der Waals surface area (Å²) in [7, 11) is -3.31. The monoisotopic (exact) mass is 292 g/mol. The van der Waals surface area contributed by atoms with Gasteiger partial charge in [0.05, 0.1) is 0 Å². The molecule has 0 aliphatic carbocycles. The molecule has 1 saturated heterocycles. The molecule has 0 saturated carbocycles. The fourth-order valence-corrected chi connectivity index (χ4v) is 3.54. The molecule has 0 unspecified atom stereocenters. The molecular weight excluding hydrogens is 264 g/mol. The smallest absolute Gasteiger partial charge is 0.279 e. The standard InChI is InChI=1S/C13H28N2O3S/c1-13(2,12-16)8-7-9-14-19(17,18)15-10-5-3-4-6-11-15/h14,16H,3-12H2,1-2H3. The van der Waals surface area contributed by atoms with Crippen LogP contribution >= 0.6 is 0 Å². The summed E-state index contributed by atoms with van der Waals surface area (Å²) < 4.78 is 28.4. The van der Waals surface area contributed by atoms with Crippen LogP contribution in [0, 0.1) is 5.41 Å². The summed E-state index contributed by atoms with van der Waals surface area (Å²) in [6.07, 6.45) is 5.72. The maximum atomic E-state index is 12.1. The molecule has 5 nitrogen and oxygen atoms in total. The highest BCUT2D eigenvalue weighted by Crippen LogP contribution is 2.20. The molecule has 0 amide bonds. The van der Waals surface area contributed by atoms with E-state index in [1.807, 2.05) is 13.8 Å². The summed E-state index contributed by atoms with van der Waals surface area (Å²) in [5, 5.41) is 9.14. The Hall–Kier alpha value is -0.170. The highest BCUT2D eigenvalue weighted by atomic mass is 32.2. The number of rotatable bonds is 7. The van der Waals surface area contributed by atoms with E-state index in [1.165, 1.54) is 0 Å². The van der Waals surface area contributed by atoms with E-state index >= 15 is 0 Å². The van der Waals surface area contributed by atoms with Crippen LogP contribution in [0.2, 0.25) is 0 Å². The van der Waals surface area contributed by atoms with Gasteiger partial charge in [0, 0.05) is 26.2 Å². The molecule has 6 heteroatoms. The zero-order chi connectivity index (χ0) is 14.4. The molecule has 19 heavy (non-hydrogen) atoms. The summed E-state index contributed by atoms with van der Waals surface area (Å²) in [4.78, 5) is 0. The Balaban J connectivity index is 2.34. The Morgan fingerprint density at radius 2 is 1.74 bits per heavy atom. The fraction of sp³-hybridized carbons (Fsp3) is 1.00. The van der Waals surface area contributed by atoms with Crippen LogP contribution in [0.25, 0.3) is 0 Å². The van der Waals surface area contributed by atoms with Crippen LogP contribution in [0.3, 0.4) is 0 Å². The molecular formula is C13H28N2O3S. The van der Waals surface area contributed by atoms with Crippen molar-refractivity contribution < 1.29 is 13.5 Å². The normalized spacial score (nSPS) is 19.3. The highest BCUT2D eigenvalue weighted by Gasteiger charge is 2.22. The van der Waals surface area contributed by atoms with Crippen LogP contribution in [0.1, 0.15) is 52.4 Å². The first kappa shape index (κ1) is 16.9. The average Bonchev–Trinajstić information content (AvgIpc) is 2.64. The Kier molecular flexibility index (Phi) is 6.73. The molecule has 0 spiro atoms. The van der Waals surface area contributed by atoms with Crippen molar-refractivity contribution in [3.8, 4) is 0 Å². The predicted octanol–water partition coefficient (Wildman–Crippen LogP) is 1.50. The number of nitrogens with zero attached hydrogens (tertiary/aromatic N) is 1. The predicted molar refractivity (Wildman–Crippen MR) is 77.1 cm³/mol. The maximum absolute atomic E-state index is 12.1. The van der Waals surface area contributed by atoms with Crippen molar-refractivity contribution in [1.29, 1.82) is 0 Å². The van der Waals surface area contributed by atoms with Gasteiger partial charge < -0.3 is 5.11 Å². The van der Waals surface area contributed by atoms with Gasteiger partial charge in [-0.2, -0.15) is 12.7 Å². The van der Waals surface area contributed by atoms with Crippen LogP contribution in [0.4, 0.5) is 0 Å². The Morgan fingerprint density at radius 1 is 1.16 bits per heavy atom. The third kappa shape index (κ3) is 6.21. The highest BCUT2D eigenvalue weighted by molar-refractivity contribution is 7.87. The van der Waals surface area contributed by atoms with Gasteiger partial charge in [-0.25, -0.2) is 4.72 Å². The van der Waals surface area contributed by atoms with Crippen LogP contribution < -0.4 is 4.72 Å². The van der Waals surface area contributed by atoms with Crippen LogP contribution in [-0.2, 0) is 10.2 Å². The quantitative estimate of drug-likeness (QED) is 0.699. The van der Waals surface area contributed by atoms with E-state index < -0.39 is 10.2 Å². The number of aliphatic hydroxyl groups is 1. The van der Waals surface area contributed by atoms with E-state index in [0.29, 0.717) is 19.6 Å². The number of hydrogen-bond acceptors (Lipinski definition) is 3. The Labute approximate surface area is 117 Å². The minimum Gasteiger partial charge on any atom is -0.396 e. The zero-order valence-corrected chi connectivity index (χ0v) is 13.0. The molecule has 0 aromatic carbocycles. The lowest BCUT2D eigenvalue weighted by Crippen LogP contribution is -2.41. The van der Waals surface area contributed by atoms with Crippen LogP contribution in [0.15, 0.2) is 0 Å². The van der Waals surface area contributed by atoms with Gasteiger partial charge in [0.25, 0.3) is 10.2 Å². The molecule has 0 aromatic heterocycles. The fourth-order valence-electron chi connectivity index (χ4n) is 2.22. The largest absolute Gasteiger partial charge is 0.396 e. The molecule has 0 atom stereocenters. The topological polar surface area (TPSA) is 69.6 Å². The van der Waals surface area contributed by atoms with Gasteiger partial charge in [-0.05, 0) is 31.1 Å². The van der Waals surface area contributed by atoms with Crippen LogP contribution in [0.5, 0.6) is 0 Å². The molecule has 1 aliphatic rings. The van der Waals surface area contributed by atoms with Gasteiger partial charge in [-0.1, -0.05) is 26.7 Å². The molecule has 0 radical (unpaired) electrons. The van der Waals surface area contributed by atoms with Crippen molar-refractivity contribution in [3.05, 3.63) is 0 Å². The molecule has 2 N–H and O–H groups in total. The van der Waals surface area contributed by atoms with E-state index in [9.17, 15) is 8.42 Å². The summed E-state index contributed by atoms with van der Waals surface area (Å²) in [6.45, 7) is 5.82. The van der Waals surface area contributed by atoms with Crippen molar-refractivity contribution in [3.63, 3.8) is 0 Å². The second kappa shape index (κ2) is 7.57. The SMILES string of the molecule is CC(C)(CO)CCCNS(=O)(=O)N1CCCCCC1. The van der Waals surface area contributed by atoms with Crippen molar-refractivity contribution >= 4 is 10.2 Å². The van der Waals surface area contributed by atoms with Crippen molar-refractivity contribution in [1.82, 2.24) is 9.03 Å². The van der Waals surface area contributed by atoms with Crippen molar-refractivity contribution in [2.75, 3.05) is 26.2 Å². The maximum Gasteiger partial charge on any atom is 0.279 e. The zero-order valence-electron chi connectivity index (χ0n) is 12.2. The van der Waals surface area contributed by atoms with Gasteiger partial charge >= 0.3 is 0 Å². The molecule has 1 aliphatic heterocycles. The lowest BCUT2D eigenvalue weighted by Gasteiger charge is -2.23. The van der Waals surface area contributed by atoms with Crippen LogP contribution in [-0.4, -0.2) is 44.1 Å². The van der Waals surface area contributed by atoms with Gasteiger partial charge in [-0.15, -0.1) is 0 Å². The lowest BCUT2D eigenvalue weighted by atomic mass is 9.89.